The van der Waals surface area contributed by atoms with Crippen molar-refractivity contribution in [1.29, 1.82) is 0 Å². The van der Waals surface area contributed by atoms with Gasteiger partial charge in [0.05, 0.1) is 39.9 Å². The highest BCUT2D eigenvalue weighted by molar-refractivity contribution is 7.47. The summed E-state index contributed by atoms with van der Waals surface area (Å²) >= 11 is 0. The lowest BCUT2D eigenvalue weighted by Crippen LogP contribution is -2.46. The monoisotopic (exact) mass is 1180 g/mol. The van der Waals surface area contributed by atoms with Crippen molar-refractivity contribution in [3.8, 4) is 0 Å². The minimum absolute atomic E-state index is 0.0782. The molecule has 9 heteroatoms. The normalized spacial score (nSPS) is 13.6. The number of allylic oxidation sites excluding steroid dienone is 2. The van der Waals surface area contributed by atoms with Crippen LogP contribution in [0.15, 0.2) is 12.2 Å². The number of aliphatic hydroxyl groups excluding tert-OH is 1. The number of nitrogens with zero attached hydrogens (tertiary/aromatic N) is 1. The van der Waals surface area contributed by atoms with E-state index in [1.165, 1.54) is 334 Å². The molecule has 0 fully saturated rings. The number of hydrogen-bond acceptors (Lipinski definition) is 5. The summed E-state index contributed by atoms with van der Waals surface area (Å²) in [6, 6.07) is -0.759. The van der Waals surface area contributed by atoms with Crippen LogP contribution < -0.4 is 5.32 Å². The topological polar surface area (TPSA) is 105 Å². The molecule has 0 aliphatic heterocycles. The Morgan fingerprint density at radius 3 is 0.939 bits per heavy atom. The van der Waals surface area contributed by atoms with Crippen LogP contribution in [0.2, 0.25) is 0 Å². The molecule has 0 aromatic carbocycles. The number of carbonyl (C=O) groups is 1. The minimum Gasteiger partial charge on any atom is -0.391 e. The highest BCUT2D eigenvalue weighted by Crippen LogP contribution is 2.43. The van der Waals surface area contributed by atoms with Crippen LogP contribution in [0.1, 0.15) is 399 Å². The summed E-state index contributed by atoms with van der Waals surface area (Å²) < 4.78 is 23.9. The number of unbranched alkanes of at least 4 members (excludes halogenated alkanes) is 55. The van der Waals surface area contributed by atoms with E-state index >= 15 is 0 Å². The Balaban J connectivity index is 3.89. The molecular formula is C73H148N2O6P+. The second-order valence-electron chi connectivity index (χ2n) is 27.0. The molecule has 0 rings (SSSR count). The van der Waals surface area contributed by atoms with Gasteiger partial charge in [-0.15, -0.1) is 0 Å². The van der Waals surface area contributed by atoms with E-state index in [1.54, 1.807) is 0 Å². The van der Waals surface area contributed by atoms with Crippen molar-refractivity contribution in [2.75, 3.05) is 40.9 Å². The van der Waals surface area contributed by atoms with Crippen LogP contribution >= 0.6 is 7.82 Å². The zero-order valence-corrected chi connectivity index (χ0v) is 57.2. The molecule has 0 aliphatic rings. The number of nitrogens with one attached hydrogen (secondary N) is 1. The number of aliphatic hydroxyl groups is 1. The molecule has 0 spiro atoms. The molecule has 82 heavy (non-hydrogen) atoms. The van der Waals surface area contributed by atoms with E-state index < -0.39 is 20.0 Å². The molecule has 490 valence electrons. The van der Waals surface area contributed by atoms with Crippen molar-refractivity contribution < 1.29 is 32.9 Å². The van der Waals surface area contributed by atoms with Crippen molar-refractivity contribution in [2.45, 2.75) is 411 Å². The lowest BCUT2D eigenvalue weighted by Gasteiger charge is -2.26. The highest BCUT2D eigenvalue weighted by atomic mass is 31.2. The van der Waals surface area contributed by atoms with E-state index in [2.05, 4.69) is 31.3 Å². The number of likely N-dealkylation sites (N-methyl/N-ethyl adjacent to an activating group) is 1. The number of rotatable bonds is 70. The minimum atomic E-state index is -4.33. The SMILES string of the molecule is CCCCCCCCCCCCCCCCCCCC/C=C\CCCCCCCCCCCCCCCCCCCC(=O)NC(COP(=O)(O)OCC[N+](C)(C)C)C(O)CCCCCCCCCCCCCCCCCCCCCCC. The van der Waals surface area contributed by atoms with Gasteiger partial charge in [0.25, 0.3) is 0 Å². The predicted molar refractivity (Wildman–Crippen MR) is 360 cm³/mol. The summed E-state index contributed by atoms with van der Waals surface area (Å²) in [4.78, 5) is 23.5. The standard InChI is InChI=1S/C73H147N2O6P/c1-6-8-10-12-14-16-18-20-22-24-26-28-29-30-31-32-33-34-35-36-37-38-39-40-41-42-43-44-45-47-49-51-53-55-57-59-61-63-65-67-73(77)74-71(70-81-82(78,79)80-69-68-75(3,4)5)72(76)66-64-62-60-58-56-54-52-50-48-46-27-25-23-21-19-17-15-13-11-9-7-2/h36-37,71-72,76H,6-35,38-70H2,1-5H3,(H-,74,77,78,79)/p+1/b37-36-. The molecule has 3 unspecified atom stereocenters. The van der Waals surface area contributed by atoms with Crippen molar-refractivity contribution in [2.24, 2.45) is 0 Å². The van der Waals surface area contributed by atoms with Gasteiger partial charge in [0.15, 0.2) is 0 Å². The Kier molecular flexibility index (Phi) is 64.1. The smallest absolute Gasteiger partial charge is 0.391 e. The van der Waals surface area contributed by atoms with E-state index in [0.717, 1.165) is 38.5 Å². The summed E-state index contributed by atoms with van der Waals surface area (Å²) in [5.41, 5.74) is 0. The molecule has 0 bridgehead atoms. The van der Waals surface area contributed by atoms with Gasteiger partial charge in [-0.3, -0.25) is 13.8 Å². The van der Waals surface area contributed by atoms with Gasteiger partial charge < -0.3 is 19.8 Å². The van der Waals surface area contributed by atoms with Crippen molar-refractivity contribution in [3.63, 3.8) is 0 Å². The van der Waals surface area contributed by atoms with E-state index in [9.17, 15) is 19.4 Å². The van der Waals surface area contributed by atoms with E-state index in [-0.39, 0.29) is 19.1 Å². The van der Waals surface area contributed by atoms with Crippen LogP contribution in [-0.2, 0) is 18.4 Å². The maximum Gasteiger partial charge on any atom is 0.472 e. The molecule has 0 heterocycles. The van der Waals surface area contributed by atoms with Gasteiger partial charge in [-0.05, 0) is 38.5 Å². The molecule has 8 nitrogen and oxygen atoms in total. The molecule has 0 aromatic rings. The van der Waals surface area contributed by atoms with Crippen LogP contribution in [0.25, 0.3) is 0 Å². The first-order valence-corrected chi connectivity index (χ1v) is 38.5. The first-order chi connectivity index (χ1) is 40.0. The zero-order chi connectivity index (χ0) is 59.8. The van der Waals surface area contributed by atoms with Crippen LogP contribution in [0.3, 0.4) is 0 Å². The number of phosphoric ester groups is 1. The Labute approximate surface area is 513 Å². The molecule has 0 radical (unpaired) electrons. The zero-order valence-electron chi connectivity index (χ0n) is 56.3. The van der Waals surface area contributed by atoms with Crippen molar-refractivity contribution >= 4 is 13.7 Å². The summed E-state index contributed by atoms with van der Waals surface area (Å²) in [7, 11) is 1.64. The Morgan fingerprint density at radius 1 is 0.402 bits per heavy atom. The molecule has 0 aliphatic carbocycles. The third kappa shape index (κ3) is 66.8. The molecule has 0 saturated carbocycles. The quantitative estimate of drug-likeness (QED) is 0.0243. The number of hydrogen-bond donors (Lipinski definition) is 3. The Bertz CT molecular complexity index is 1340. The van der Waals surface area contributed by atoms with Gasteiger partial charge in [0.2, 0.25) is 5.91 Å². The van der Waals surface area contributed by atoms with Gasteiger partial charge in [0, 0.05) is 6.42 Å². The average molecular weight is 1180 g/mol. The second-order valence-corrected chi connectivity index (χ2v) is 28.5. The fourth-order valence-electron chi connectivity index (χ4n) is 11.8. The third-order valence-corrected chi connectivity index (χ3v) is 18.5. The van der Waals surface area contributed by atoms with Gasteiger partial charge in [-0.1, -0.05) is 366 Å². The summed E-state index contributed by atoms with van der Waals surface area (Å²) in [5.74, 6) is -0.135. The molecule has 1 amide bonds. The van der Waals surface area contributed by atoms with Gasteiger partial charge in [-0.2, -0.15) is 0 Å². The van der Waals surface area contributed by atoms with Gasteiger partial charge in [-0.25, -0.2) is 4.57 Å². The summed E-state index contributed by atoms with van der Waals surface area (Å²) in [6.45, 7) is 4.96. The van der Waals surface area contributed by atoms with Crippen molar-refractivity contribution in [3.05, 3.63) is 12.2 Å². The van der Waals surface area contributed by atoms with Crippen LogP contribution in [-0.4, -0.2) is 73.4 Å². The average Bonchev–Trinajstić information content (AvgIpc) is 3.46. The van der Waals surface area contributed by atoms with Gasteiger partial charge >= 0.3 is 7.82 Å². The number of phosphoric acid groups is 1. The van der Waals surface area contributed by atoms with E-state index in [4.69, 9.17) is 9.05 Å². The van der Waals surface area contributed by atoms with E-state index in [1.807, 2.05) is 21.1 Å². The number of amides is 1. The van der Waals surface area contributed by atoms with Crippen LogP contribution in [0.4, 0.5) is 0 Å². The van der Waals surface area contributed by atoms with Gasteiger partial charge in [0.1, 0.15) is 13.2 Å². The van der Waals surface area contributed by atoms with Crippen molar-refractivity contribution in [1.82, 2.24) is 5.32 Å². The molecule has 3 N–H and O–H groups in total. The lowest BCUT2D eigenvalue weighted by atomic mass is 10.0. The fraction of sp³-hybridized carbons (Fsp3) is 0.959. The largest absolute Gasteiger partial charge is 0.472 e. The second kappa shape index (κ2) is 64.7. The molecule has 0 saturated heterocycles. The first kappa shape index (κ1) is 81.2. The predicted octanol–water partition coefficient (Wildman–Crippen LogP) is 23.7. The Morgan fingerprint density at radius 2 is 0.659 bits per heavy atom. The maximum absolute atomic E-state index is 13.1. The number of carbonyl (C=O) groups excluding carboxylic acids is 1. The fourth-order valence-corrected chi connectivity index (χ4v) is 12.5. The lowest BCUT2D eigenvalue weighted by molar-refractivity contribution is -0.870. The third-order valence-electron chi connectivity index (χ3n) is 17.5. The first-order valence-electron chi connectivity index (χ1n) is 37.1. The summed E-state index contributed by atoms with van der Waals surface area (Å²) in [6.07, 6.45) is 83.4. The highest BCUT2D eigenvalue weighted by Gasteiger charge is 2.28. The van der Waals surface area contributed by atoms with Crippen LogP contribution in [0.5, 0.6) is 0 Å². The molecule has 3 atom stereocenters. The maximum atomic E-state index is 13.1. The number of quaternary nitrogens is 1. The molecular weight excluding hydrogens is 1030 g/mol. The van der Waals surface area contributed by atoms with Crippen LogP contribution in [0, 0.1) is 0 Å². The van der Waals surface area contributed by atoms with E-state index in [0.29, 0.717) is 23.9 Å². The Hall–Kier alpha value is -0.760. The molecule has 0 aromatic heterocycles. The summed E-state index contributed by atoms with van der Waals surface area (Å²) in [5, 5.41) is 14.1.